The number of carbonyl (C=O) groups is 1. The average molecular weight is 451 g/mol. The Morgan fingerprint density at radius 1 is 1.06 bits per heavy atom. The Bertz CT molecular complexity index is 1050. The summed E-state index contributed by atoms with van der Waals surface area (Å²) in [5.74, 6) is 2.28. The van der Waals surface area contributed by atoms with Crippen molar-refractivity contribution in [1.82, 2.24) is 25.0 Å². The van der Waals surface area contributed by atoms with E-state index in [1.54, 1.807) is 11.0 Å². The van der Waals surface area contributed by atoms with Crippen LogP contribution in [0.15, 0.2) is 54.9 Å². The summed E-state index contributed by atoms with van der Waals surface area (Å²) in [6.07, 6.45) is 1.69. The topological polar surface area (TPSA) is 84.8 Å². The molecule has 2 heterocycles. The molecule has 1 aliphatic rings. The molecule has 1 aromatic heterocycles. The number of carbonyl (C=O) groups excluding carboxylic acids is 1. The fourth-order valence-electron chi connectivity index (χ4n) is 3.74. The first kappa shape index (κ1) is 22.4. The molecule has 1 N–H and O–H groups in total. The standard InChI is InChI=1S/C24H30N6O3/c1-3-32-23-17-20(9-10-22(23)30-18-26-19(2)27-30)28-12-14-29(15-13-28)24(31)25-11-16-33-21-7-5-4-6-8-21/h4-10,17-18H,3,11-16H2,1-2H3,(H,25,31). The minimum absolute atomic E-state index is 0.0572. The van der Waals surface area contributed by atoms with E-state index in [0.29, 0.717) is 38.7 Å². The molecular formula is C24H30N6O3. The van der Waals surface area contributed by atoms with Crippen LogP contribution in [-0.4, -0.2) is 71.6 Å². The summed E-state index contributed by atoms with van der Waals surface area (Å²) >= 11 is 0. The lowest BCUT2D eigenvalue weighted by molar-refractivity contribution is 0.191. The fourth-order valence-corrected chi connectivity index (χ4v) is 3.74. The Morgan fingerprint density at radius 3 is 2.55 bits per heavy atom. The van der Waals surface area contributed by atoms with Crippen LogP contribution in [0.2, 0.25) is 0 Å². The molecule has 0 spiro atoms. The van der Waals surface area contributed by atoms with E-state index >= 15 is 0 Å². The van der Waals surface area contributed by atoms with E-state index in [0.717, 1.165) is 36.0 Å². The molecule has 1 fully saturated rings. The summed E-state index contributed by atoms with van der Waals surface area (Å²) in [6.45, 7) is 8.10. The lowest BCUT2D eigenvalue weighted by Crippen LogP contribution is -2.52. The first-order chi connectivity index (χ1) is 16.1. The second-order valence-electron chi connectivity index (χ2n) is 7.69. The van der Waals surface area contributed by atoms with Gasteiger partial charge in [-0.1, -0.05) is 18.2 Å². The maximum atomic E-state index is 12.5. The van der Waals surface area contributed by atoms with Crippen molar-refractivity contribution in [3.05, 3.63) is 60.7 Å². The first-order valence-electron chi connectivity index (χ1n) is 11.2. The minimum atomic E-state index is -0.0572. The SMILES string of the molecule is CCOc1cc(N2CCN(C(=O)NCCOc3ccccc3)CC2)ccc1-n1cnc(C)n1. The Balaban J connectivity index is 1.29. The Hall–Kier alpha value is -3.75. The van der Waals surface area contributed by atoms with Gasteiger partial charge in [-0.25, -0.2) is 14.5 Å². The Labute approximate surface area is 193 Å². The van der Waals surface area contributed by atoms with E-state index < -0.39 is 0 Å². The number of nitrogens with one attached hydrogen (secondary N) is 1. The minimum Gasteiger partial charge on any atom is -0.492 e. The van der Waals surface area contributed by atoms with E-state index in [9.17, 15) is 4.79 Å². The molecule has 0 saturated carbocycles. The van der Waals surface area contributed by atoms with Crippen LogP contribution in [0.3, 0.4) is 0 Å². The summed E-state index contributed by atoms with van der Waals surface area (Å²) in [5.41, 5.74) is 1.92. The normalized spacial score (nSPS) is 13.6. The van der Waals surface area contributed by atoms with Gasteiger partial charge in [-0.05, 0) is 38.1 Å². The van der Waals surface area contributed by atoms with Gasteiger partial charge < -0.3 is 24.6 Å². The zero-order valence-corrected chi connectivity index (χ0v) is 19.1. The van der Waals surface area contributed by atoms with Crippen molar-refractivity contribution in [2.75, 3.05) is 50.8 Å². The van der Waals surface area contributed by atoms with Crippen LogP contribution in [0.5, 0.6) is 11.5 Å². The van der Waals surface area contributed by atoms with E-state index in [2.05, 4.69) is 26.4 Å². The molecule has 0 unspecified atom stereocenters. The van der Waals surface area contributed by atoms with Gasteiger partial charge in [-0.15, -0.1) is 0 Å². The predicted octanol–water partition coefficient (Wildman–Crippen LogP) is 2.89. The second-order valence-corrected chi connectivity index (χ2v) is 7.69. The van der Waals surface area contributed by atoms with Gasteiger partial charge in [0.25, 0.3) is 0 Å². The van der Waals surface area contributed by atoms with Crippen molar-refractivity contribution in [2.24, 2.45) is 0 Å². The highest BCUT2D eigenvalue weighted by atomic mass is 16.5. The Morgan fingerprint density at radius 2 is 1.85 bits per heavy atom. The quantitative estimate of drug-likeness (QED) is 0.531. The molecule has 9 nitrogen and oxygen atoms in total. The number of ether oxygens (including phenoxy) is 2. The number of aryl methyl sites for hydroxylation is 1. The van der Waals surface area contributed by atoms with E-state index in [4.69, 9.17) is 9.47 Å². The van der Waals surface area contributed by atoms with Crippen LogP contribution in [0.25, 0.3) is 5.69 Å². The van der Waals surface area contributed by atoms with E-state index in [1.165, 1.54) is 0 Å². The number of anilines is 1. The van der Waals surface area contributed by atoms with E-state index in [-0.39, 0.29) is 6.03 Å². The van der Waals surface area contributed by atoms with Gasteiger partial charge in [0.05, 0.1) is 13.2 Å². The van der Waals surface area contributed by atoms with Gasteiger partial charge in [-0.2, -0.15) is 5.10 Å². The van der Waals surface area contributed by atoms with Gasteiger partial charge in [-0.3, -0.25) is 0 Å². The summed E-state index contributed by atoms with van der Waals surface area (Å²) in [7, 11) is 0. The molecule has 0 bridgehead atoms. The monoisotopic (exact) mass is 450 g/mol. The molecule has 174 valence electrons. The Kier molecular flexibility index (Phi) is 7.29. The highest BCUT2D eigenvalue weighted by Crippen LogP contribution is 2.29. The number of amides is 2. The van der Waals surface area contributed by atoms with Crippen LogP contribution in [0.4, 0.5) is 10.5 Å². The van der Waals surface area contributed by atoms with Crippen molar-refractivity contribution >= 4 is 11.7 Å². The lowest BCUT2D eigenvalue weighted by atomic mass is 10.2. The molecule has 0 atom stereocenters. The number of benzene rings is 2. The van der Waals surface area contributed by atoms with Crippen LogP contribution < -0.4 is 19.7 Å². The number of rotatable bonds is 8. The van der Waals surface area contributed by atoms with Crippen LogP contribution in [-0.2, 0) is 0 Å². The third-order valence-electron chi connectivity index (χ3n) is 5.42. The summed E-state index contributed by atoms with van der Waals surface area (Å²) in [4.78, 5) is 20.8. The van der Waals surface area contributed by atoms with Crippen molar-refractivity contribution in [3.63, 3.8) is 0 Å². The number of para-hydroxylation sites is 1. The van der Waals surface area contributed by atoms with Gasteiger partial charge in [0.15, 0.2) is 0 Å². The highest BCUT2D eigenvalue weighted by Gasteiger charge is 2.22. The van der Waals surface area contributed by atoms with Gasteiger partial charge in [0, 0.05) is 37.9 Å². The molecular weight excluding hydrogens is 420 g/mol. The average Bonchev–Trinajstić information content (AvgIpc) is 3.28. The smallest absolute Gasteiger partial charge is 0.317 e. The van der Waals surface area contributed by atoms with E-state index in [1.807, 2.05) is 61.2 Å². The van der Waals surface area contributed by atoms with Crippen LogP contribution in [0, 0.1) is 6.92 Å². The molecule has 0 radical (unpaired) electrons. The third kappa shape index (κ3) is 5.74. The molecule has 0 aliphatic carbocycles. The molecule has 1 saturated heterocycles. The fraction of sp³-hybridized carbons (Fsp3) is 0.375. The summed E-state index contributed by atoms with van der Waals surface area (Å²) in [6, 6.07) is 15.6. The van der Waals surface area contributed by atoms with Crippen molar-refractivity contribution in [3.8, 4) is 17.2 Å². The zero-order valence-electron chi connectivity index (χ0n) is 19.1. The summed E-state index contributed by atoms with van der Waals surface area (Å²) < 4.78 is 13.2. The number of nitrogens with zero attached hydrogens (tertiary/aromatic N) is 5. The second kappa shape index (κ2) is 10.7. The van der Waals surface area contributed by atoms with Gasteiger partial charge in [0.2, 0.25) is 0 Å². The van der Waals surface area contributed by atoms with Crippen LogP contribution >= 0.6 is 0 Å². The number of hydrogen-bond donors (Lipinski definition) is 1. The molecule has 33 heavy (non-hydrogen) atoms. The number of piperazine rings is 1. The molecule has 9 heteroatoms. The molecule has 3 aromatic rings. The van der Waals surface area contributed by atoms with Crippen molar-refractivity contribution in [1.29, 1.82) is 0 Å². The maximum absolute atomic E-state index is 12.5. The number of hydrogen-bond acceptors (Lipinski definition) is 6. The molecule has 2 aromatic carbocycles. The first-order valence-corrected chi connectivity index (χ1v) is 11.2. The van der Waals surface area contributed by atoms with Crippen molar-refractivity contribution < 1.29 is 14.3 Å². The van der Waals surface area contributed by atoms with Gasteiger partial charge in [0.1, 0.15) is 35.9 Å². The highest BCUT2D eigenvalue weighted by molar-refractivity contribution is 5.74. The number of aromatic nitrogens is 3. The van der Waals surface area contributed by atoms with Crippen LogP contribution in [0.1, 0.15) is 12.7 Å². The molecule has 4 rings (SSSR count). The maximum Gasteiger partial charge on any atom is 0.317 e. The third-order valence-corrected chi connectivity index (χ3v) is 5.42. The predicted molar refractivity (Wildman–Crippen MR) is 126 cm³/mol. The molecule has 2 amide bonds. The van der Waals surface area contributed by atoms with Crippen molar-refractivity contribution in [2.45, 2.75) is 13.8 Å². The number of urea groups is 1. The zero-order chi connectivity index (χ0) is 23.0. The lowest BCUT2D eigenvalue weighted by Gasteiger charge is -2.36. The largest absolute Gasteiger partial charge is 0.492 e. The summed E-state index contributed by atoms with van der Waals surface area (Å²) in [5, 5.41) is 7.33. The van der Waals surface area contributed by atoms with Gasteiger partial charge >= 0.3 is 6.03 Å². The molecule has 1 aliphatic heterocycles.